The standard InChI is InChI=1S/C24H31N7S.HI/c1-4-18-7-5-9-21-19(15-27-23(18)21)10-12-25-24(26-13-11-20-8-6-14-32-20)28-16-22-30-29-17(2)31(22)3;/h5-9,14-15,27H,4,10-13,16H2,1-3H3,(H2,25,26,28);1H. The molecule has 0 saturated heterocycles. The number of H-pyrrole nitrogens is 1. The van der Waals surface area contributed by atoms with Crippen LogP contribution in [0.4, 0.5) is 0 Å². The average molecular weight is 578 g/mol. The van der Waals surface area contributed by atoms with Crippen molar-refractivity contribution >= 4 is 52.2 Å². The fourth-order valence-corrected chi connectivity index (χ4v) is 4.47. The average Bonchev–Trinajstić information content (AvgIpc) is 3.54. The number of thiophene rings is 1. The van der Waals surface area contributed by atoms with E-state index in [4.69, 9.17) is 4.99 Å². The molecule has 0 atom stereocenters. The van der Waals surface area contributed by atoms with Gasteiger partial charge in [-0.15, -0.1) is 45.5 Å². The van der Waals surface area contributed by atoms with Gasteiger partial charge in [0.25, 0.3) is 0 Å². The van der Waals surface area contributed by atoms with E-state index in [0.29, 0.717) is 6.54 Å². The molecule has 0 saturated carbocycles. The number of aromatic nitrogens is 4. The second-order valence-electron chi connectivity index (χ2n) is 7.83. The van der Waals surface area contributed by atoms with Crippen LogP contribution in [0.1, 0.15) is 34.6 Å². The zero-order valence-corrected chi connectivity index (χ0v) is 22.5. The molecule has 3 aromatic heterocycles. The first-order valence-electron chi connectivity index (χ1n) is 11.1. The van der Waals surface area contributed by atoms with Gasteiger partial charge in [-0.2, -0.15) is 0 Å². The van der Waals surface area contributed by atoms with Crippen LogP contribution in [0.25, 0.3) is 10.9 Å². The van der Waals surface area contributed by atoms with Gasteiger partial charge in [0.1, 0.15) is 12.4 Å². The number of fused-ring (bicyclic) bond motifs is 1. The number of aryl methyl sites for hydroxylation is 2. The van der Waals surface area contributed by atoms with Crippen LogP contribution in [0.15, 0.2) is 46.9 Å². The Bertz CT molecular complexity index is 1180. The van der Waals surface area contributed by atoms with Gasteiger partial charge in [0, 0.05) is 42.1 Å². The second kappa shape index (κ2) is 12.2. The van der Waals surface area contributed by atoms with Crippen LogP contribution in [-0.4, -0.2) is 38.8 Å². The van der Waals surface area contributed by atoms with Crippen molar-refractivity contribution in [3.63, 3.8) is 0 Å². The van der Waals surface area contributed by atoms with Crippen LogP contribution in [0.2, 0.25) is 0 Å². The molecule has 0 fully saturated rings. The molecule has 0 aliphatic heterocycles. The lowest BCUT2D eigenvalue weighted by Crippen LogP contribution is -2.39. The lowest BCUT2D eigenvalue weighted by atomic mass is 10.1. The quantitative estimate of drug-likeness (QED) is 0.157. The molecule has 7 nitrogen and oxygen atoms in total. The second-order valence-corrected chi connectivity index (χ2v) is 8.86. The van der Waals surface area contributed by atoms with Crippen molar-refractivity contribution in [3.05, 3.63) is 69.6 Å². The van der Waals surface area contributed by atoms with E-state index in [0.717, 1.165) is 50.0 Å². The van der Waals surface area contributed by atoms with E-state index in [1.807, 2.05) is 18.5 Å². The molecule has 0 aliphatic carbocycles. The number of guanidine groups is 1. The summed E-state index contributed by atoms with van der Waals surface area (Å²) in [5.74, 6) is 2.54. The minimum atomic E-state index is 0. The fourth-order valence-electron chi connectivity index (χ4n) is 3.76. The van der Waals surface area contributed by atoms with Gasteiger partial charge in [-0.25, -0.2) is 4.99 Å². The summed E-state index contributed by atoms with van der Waals surface area (Å²) in [4.78, 5) is 9.59. The van der Waals surface area contributed by atoms with Crippen LogP contribution in [0.5, 0.6) is 0 Å². The maximum Gasteiger partial charge on any atom is 0.191 e. The number of nitrogens with one attached hydrogen (secondary N) is 3. The van der Waals surface area contributed by atoms with Crippen molar-refractivity contribution in [1.29, 1.82) is 0 Å². The van der Waals surface area contributed by atoms with Gasteiger partial charge in [-0.05, 0) is 48.8 Å². The zero-order chi connectivity index (χ0) is 22.3. The van der Waals surface area contributed by atoms with Gasteiger partial charge in [0.15, 0.2) is 11.8 Å². The molecule has 33 heavy (non-hydrogen) atoms. The number of aliphatic imine (C=N–C) groups is 1. The normalized spacial score (nSPS) is 11.5. The predicted molar refractivity (Wildman–Crippen MR) is 148 cm³/mol. The van der Waals surface area contributed by atoms with Crippen molar-refractivity contribution in [2.75, 3.05) is 13.1 Å². The van der Waals surface area contributed by atoms with Gasteiger partial charge >= 0.3 is 0 Å². The molecule has 176 valence electrons. The summed E-state index contributed by atoms with van der Waals surface area (Å²) in [5, 5.41) is 18.8. The van der Waals surface area contributed by atoms with Gasteiger partial charge in [0.05, 0.1) is 0 Å². The van der Waals surface area contributed by atoms with Crippen LogP contribution in [0.3, 0.4) is 0 Å². The minimum absolute atomic E-state index is 0. The Kier molecular flexibility index (Phi) is 9.30. The highest BCUT2D eigenvalue weighted by molar-refractivity contribution is 14.0. The maximum atomic E-state index is 4.76. The summed E-state index contributed by atoms with van der Waals surface area (Å²) in [6.45, 7) is 6.26. The predicted octanol–water partition coefficient (Wildman–Crippen LogP) is 4.37. The number of hydrogen-bond acceptors (Lipinski definition) is 4. The Morgan fingerprint density at radius 3 is 2.61 bits per heavy atom. The van der Waals surface area contributed by atoms with E-state index in [-0.39, 0.29) is 24.0 Å². The molecule has 9 heteroatoms. The SMILES string of the molecule is CCc1cccc2c(CCNC(=NCc3nnc(C)n3C)NCCc3cccs3)c[nH]c12.I. The largest absolute Gasteiger partial charge is 0.361 e. The van der Waals surface area contributed by atoms with Gasteiger partial charge in [0.2, 0.25) is 0 Å². The molecule has 1 aromatic carbocycles. The van der Waals surface area contributed by atoms with E-state index in [9.17, 15) is 0 Å². The molecular formula is C24H32IN7S. The lowest BCUT2D eigenvalue weighted by Gasteiger charge is -2.12. The Balaban J connectivity index is 0.00000306. The van der Waals surface area contributed by atoms with E-state index in [1.54, 1.807) is 11.3 Å². The first-order valence-corrected chi connectivity index (χ1v) is 12.0. The number of hydrogen-bond donors (Lipinski definition) is 3. The first kappa shape index (κ1) is 25.2. The molecular weight excluding hydrogens is 545 g/mol. The summed E-state index contributed by atoms with van der Waals surface area (Å²) < 4.78 is 1.98. The summed E-state index contributed by atoms with van der Waals surface area (Å²) in [7, 11) is 1.97. The summed E-state index contributed by atoms with van der Waals surface area (Å²) >= 11 is 1.78. The molecule has 4 rings (SSSR count). The molecule has 0 radical (unpaired) electrons. The highest BCUT2D eigenvalue weighted by Gasteiger charge is 2.08. The van der Waals surface area contributed by atoms with Gasteiger partial charge in [-0.3, -0.25) is 0 Å². The van der Waals surface area contributed by atoms with Crippen molar-refractivity contribution in [3.8, 4) is 0 Å². The lowest BCUT2D eigenvalue weighted by molar-refractivity contribution is 0.747. The number of rotatable bonds is 9. The van der Waals surface area contributed by atoms with Crippen molar-refractivity contribution in [2.45, 2.75) is 39.7 Å². The molecule has 0 aliphatic rings. The van der Waals surface area contributed by atoms with Crippen LogP contribution >= 0.6 is 35.3 Å². The molecule has 0 amide bonds. The van der Waals surface area contributed by atoms with Crippen molar-refractivity contribution < 1.29 is 0 Å². The van der Waals surface area contributed by atoms with E-state index in [2.05, 4.69) is 74.6 Å². The molecule has 3 N–H and O–H groups in total. The first-order chi connectivity index (χ1) is 15.7. The molecule has 3 heterocycles. The van der Waals surface area contributed by atoms with Gasteiger partial charge < -0.3 is 20.2 Å². The summed E-state index contributed by atoms with van der Waals surface area (Å²) in [6, 6.07) is 10.8. The molecule has 4 aromatic rings. The monoisotopic (exact) mass is 577 g/mol. The number of nitrogens with zero attached hydrogens (tertiary/aromatic N) is 4. The highest BCUT2D eigenvalue weighted by atomic mass is 127. The Morgan fingerprint density at radius 1 is 1.09 bits per heavy atom. The van der Waals surface area contributed by atoms with Crippen LogP contribution < -0.4 is 10.6 Å². The zero-order valence-electron chi connectivity index (χ0n) is 19.4. The van der Waals surface area contributed by atoms with Crippen molar-refractivity contribution in [1.82, 2.24) is 30.4 Å². The molecule has 0 bridgehead atoms. The number of halogens is 1. The van der Waals surface area contributed by atoms with Crippen LogP contribution in [-0.2, 0) is 32.9 Å². The van der Waals surface area contributed by atoms with Crippen molar-refractivity contribution in [2.24, 2.45) is 12.0 Å². The Morgan fingerprint density at radius 2 is 1.91 bits per heavy atom. The minimum Gasteiger partial charge on any atom is -0.361 e. The summed E-state index contributed by atoms with van der Waals surface area (Å²) in [6.07, 6.45) is 5.06. The number of aromatic amines is 1. The maximum absolute atomic E-state index is 4.76. The summed E-state index contributed by atoms with van der Waals surface area (Å²) in [5.41, 5.74) is 3.94. The molecule has 0 unspecified atom stereocenters. The number of benzene rings is 1. The van der Waals surface area contributed by atoms with E-state index in [1.165, 1.54) is 26.9 Å². The van der Waals surface area contributed by atoms with E-state index < -0.39 is 0 Å². The third kappa shape index (κ3) is 6.35. The fraction of sp³-hybridized carbons (Fsp3) is 0.375. The van der Waals surface area contributed by atoms with Gasteiger partial charge in [-0.1, -0.05) is 31.2 Å². The third-order valence-corrected chi connectivity index (χ3v) is 6.70. The van der Waals surface area contributed by atoms with E-state index >= 15 is 0 Å². The Hall–Kier alpha value is -2.40. The topological polar surface area (TPSA) is 82.9 Å². The van der Waals surface area contributed by atoms with Crippen LogP contribution in [0, 0.1) is 6.92 Å². The highest BCUT2D eigenvalue weighted by Crippen LogP contribution is 2.22. The third-order valence-electron chi connectivity index (χ3n) is 5.76. The Labute approximate surface area is 216 Å². The molecule has 0 spiro atoms. The number of para-hydroxylation sites is 1. The smallest absolute Gasteiger partial charge is 0.191 e.